The number of rotatable bonds is 1. The van der Waals surface area contributed by atoms with Gasteiger partial charge in [-0.25, -0.2) is 0 Å². The fraction of sp³-hybridized carbons (Fsp3) is 0.867. The standard InChI is InChI=1S/C15H26O2/c1-10-9-15(5)11(8-12(10)16)6-7-13(15)17-14(2,3)4/h11-13,16H,1,6-9H2,2-5H3/t11?,12-,13+,15+/m1/s1. The Kier molecular flexibility index (Phi) is 3.16. The van der Waals surface area contributed by atoms with Crippen molar-refractivity contribution in [2.45, 2.75) is 71.2 Å². The second-order valence-electron chi connectivity index (χ2n) is 7.09. The van der Waals surface area contributed by atoms with Crippen LogP contribution >= 0.6 is 0 Å². The molecule has 1 N–H and O–H groups in total. The molecule has 2 heteroatoms. The van der Waals surface area contributed by atoms with E-state index >= 15 is 0 Å². The summed E-state index contributed by atoms with van der Waals surface area (Å²) >= 11 is 0. The molecule has 17 heavy (non-hydrogen) atoms. The zero-order valence-electron chi connectivity index (χ0n) is 11.6. The van der Waals surface area contributed by atoms with Crippen LogP contribution in [0.2, 0.25) is 0 Å². The van der Waals surface area contributed by atoms with E-state index in [1.54, 1.807) is 0 Å². The van der Waals surface area contributed by atoms with Crippen molar-refractivity contribution in [3.05, 3.63) is 12.2 Å². The predicted molar refractivity (Wildman–Crippen MR) is 69.8 cm³/mol. The Balaban J connectivity index is 2.15. The van der Waals surface area contributed by atoms with Crippen LogP contribution in [-0.4, -0.2) is 22.9 Å². The van der Waals surface area contributed by atoms with Crippen molar-refractivity contribution in [2.75, 3.05) is 0 Å². The summed E-state index contributed by atoms with van der Waals surface area (Å²) in [4.78, 5) is 0. The smallest absolute Gasteiger partial charge is 0.0750 e. The van der Waals surface area contributed by atoms with E-state index in [4.69, 9.17) is 4.74 Å². The SMILES string of the molecule is C=C1C[C@@]2(C)C(CC[C@@H]2OC(C)(C)C)C[C@H]1O. The first-order valence-electron chi connectivity index (χ1n) is 6.76. The van der Waals surface area contributed by atoms with Crippen molar-refractivity contribution in [2.24, 2.45) is 11.3 Å². The zero-order chi connectivity index (χ0) is 12.8. The average Bonchev–Trinajstić information content (AvgIpc) is 2.43. The third-order valence-corrected chi connectivity index (χ3v) is 4.53. The van der Waals surface area contributed by atoms with Crippen molar-refractivity contribution < 1.29 is 9.84 Å². The fourth-order valence-electron chi connectivity index (χ4n) is 3.58. The van der Waals surface area contributed by atoms with Crippen LogP contribution in [0.25, 0.3) is 0 Å². The molecule has 2 saturated carbocycles. The monoisotopic (exact) mass is 238 g/mol. The second kappa shape index (κ2) is 4.10. The van der Waals surface area contributed by atoms with Gasteiger partial charge in [0, 0.05) is 5.41 Å². The first-order valence-corrected chi connectivity index (χ1v) is 6.76. The lowest BCUT2D eigenvalue weighted by atomic mass is 9.66. The van der Waals surface area contributed by atoms with Gasteiger partial charge in [0.1, 0.15) is 0 Å². The zero-order valence-corrected chi connectivity index (χ0v) is 11.6. The number of aliphatic hydroxyl groups excluding tert-OH is 1. The van der Waals surface area contributed by atoms with Gasteiger partial charge in [0.05, 0.1) is 17.8 Å². The van der Waals surface area contributed by atoms with E-state index in [-0.39, 0.29) is 17.1 Å². The molecule has 2 rings (SSSR count). The molecule has 2 fully saturated rings. The van der Waals surface area contributed by atoms with Gasteiger partial charge in [-0.2, -0.15) is 0 Å². The van der Waals surface area contributed by atoms with Crippen molar-refractivity contribution >= 4 is 0 Å². The van der Waals surface area contributed by atoms with Gasteiger partial charge in [-0.3, -0.25) is 0 Å². The van der Waals surface area contributed by atoms with E-state index < -0.39 is 0 Å². The first-order chi connectivity index (χ1) is 7.72. The molecule has 0 amide bonds. The topological polar surface area (TPSA) is 29.5 Å². The molecule has 2 aliphatic rings. The third-order valence-electron chi connectivity index (χ3n) is 4.53. The quantitative estimate of drug-likeness (QED) is 0.710. The summed E-state index contributed by atoms with van der Waals surface area (Å²) in [6.45, 7) is 12.7. The predicted octanol–water partition coefficient (Wildman–Crippen LogP) is 3.30. The molecule has 0 aliphatic heterocycles. The van der Waals surface area contributed by atoms with Crippen LogP contribution in [0.15, 0.2) is 12.2 Å². The summed E-state index contributed by atoms with van der Waals surface area (Å²) in [5, 5.41) is 9.92. The third kappa shape index (κ3) is 2.43. The Morgan fingerprint density at radius 3 is 2.59 bits per heavy atom. The van der Waals surface area contributed by atoms with Crippen molar-refractivity contribution in [3.8, 4) is 0 Å². The molecular formula is C15H26O2. The average molecular weight is 238 g/mol. The molecule has 0 bridgehead atoms. The largest absolute Gasteiger partial charge is 0.389 e. The second-order valence-corrected chi connectivity index (χ2v) is 7.09. The van der Waals surface area contributed by atoms with Crippen molar-refractivity contribution in [1.29, 1.82) is 0 Å². The van der Waals surface area contributed by atoms with E-state index in [2.05, 4.69) is 34.3 Å². The van der Waals surface area contributed by atoms with Gasteiger partial charge >= 0.3 is 0 Å². The molecule has 2 aliphatic carbocycles. The Hall–Kier alpha value is -0.340. The summed E-state index contributed by atoms with van der Waals surface area (Å²) in [5.74, 6) is 0.593. The number of aliphatic hydroxyl groups is 1. The summed E-state index contributed by atoms with van der Waals surface area (Å²) in [6, 6.07) is 0. The van der Waals surface area contributed by atoms with Gasteiger partial charge in [0.25, 0.3) is 0 Å². The molecule has 0 saturated heterocycles. The van der Waals surface area contributed by atoms with Gasteiger partial charge in [-0.15, -0.1) is 0 Å². The maximum Gasteiger partial charge on any atom is 0.0750 e. The van der Waals surface area contributed by atoms with Crippen molar-refractivity contribution in [1.82, 2.24) is 0 Å². The van der Waals surface area contributed by atoms with Crippen LogP contribution in [0.5, 0.6) is 0 Å². The highest BCUT2D eigenvalue weighted by Crippen LogP contribution is 2.55. The molecule has 2 nitrogen and oxygen atoms in total. The lowest BCUT2D eigenvalue weighted by molar-refractivity contribution is -0.116. The molecule has 0 heterocycles. The van der Waals surface area contributed by atoms with Crippen LogP contribution in [-0.2, 0) is 4.74 Å². The van der Waals surface area contributed by atoms with Crippen LogP contribution in [0, 0.1) is 11.3 Å². The van der Waals surface area contributed by atoms with E-state index in [0.29, 0.717) is 12.0 Å². The summed E-state index contributed by atoms with van der Waals surface area (Å²) in [7, 11) is 0. The van der Waals surface area contributed by atoms with Crippen LogP contribution in [0.4, 0.5) is 0 Å². The van der Waals surface area contributed by atoms with Crippen LogP contribution in [0.3, 0.4) is 0 Å². The molecule has 0 radical (unpaired) electrons. The van der Waals surface area contributed by atoms with E-state index in [0.717, 1.165) is 24.8 Å². The molecule has 0 aromatic heterocycles. The molecule has 1 unspecified atom stereocenters. The Labute approximate surface area is 105 Å². The highest BCUT2D eigenvalue weighted by Gasteiger charge is 2.51. The van der Waals surface area contributed by atoms with Crippen molar-refractivity contribution in [3.63, 3.8) is 0 Å². The van der Waals surface area contributed by atoms with Crippen LogP contribution in [0.1, 0.15) is 53.4 Å². The normalized spacial score (nSPS) is 42.6. The Morgan fingerprint density at radius 2 is 2.00 bits per heavy atom. The minimum atomic E-state index is -0.290. The highest BCUT2D eigenvalue weighted by atomic mass is 16.5. The maximum absolute atomic E-state index is 9.92. The number of hydrogen-bond acceptors (Lipinski definition) is 2. The fourth-order valence-corrected chi connectivity index (χ4v) is 3.58. The number of fused-ring (bicyclic) bond motifs is 1. The molecule has 4 atom stereocenters. The van der Waals surface area contributed by atoms with Gasteiger partial charge in [-0.1, -0.05) is 13.5 Å². The maximum atomic E-state index is 9.92. The minimum absolute atomic E-state index is 0.0834. The first kappa shape index (κ1) is 13.1. The highest BCUT2D eigenvalue weighted by molar-refractivity contribution is 5.16. The lowest BCUT2D eigenvalue weighted by Gasteiger charge is -2.44. The summed E-state index contributed by atoms with van der Waals surface area (Å²) in [5.41, 5.74) is 1.09. The Bertz CT molecular complexity index is 315. The minimum Gasteiger partial charge on any atom is -0.389 e. The molecule has 0 aromatic rings. The van der Waals surface area contributed by atoms with Gasteiger partial charge < -0.3 is 9.84 Å². The Morgan fingerprint density at radius 1 is 1.35 bits per heavy atom. The van der Waals surface area contributed by atoms with E-state index in [1.165, 1.54) is 6.42 Å². The molecule has 0 spiro atoms. The molecule has 98 valence electrons. The molecular weight excluding hydrogens is 212 g/mol. The van der Waals surface area contributed by atoms with Gasteiger partial charge in [0.15, 0.2) is 0 Å². The molecule has 0 aromatic carbocycles. The summed E-state index contributed by atoms with van der Waals surface area (Å²) in [6.07, 6.45) is 4.12. The van der Waals surface area contributed by atoms with E-state index in [9.17, 15) is 5.11 Å². The van der Waals surface area contributed by atoms with Gasteiger partial charge in [0.2, 0.25) is 0 Å². The van der Waals surface area contributed by atoms with Gasteiger partial charge in [-0.05, 0) is 57.9 Å². The summed E-state index contributed by atoms with van der Waals surface area (Å²) < 4.78 is 6.23. The lowest BCUT2D eigenvalue weighted by Crippen LogP contribution is -2.43. The van der Waals surface area contributed by atoms with E-state index in [1.807, 2.05) is 0 Å². The van der Waals surface area contributed by atoms with Crippen LogP contribution < -0.4 is 0 Å². The number of ether oxygens (including phenoxy) is 1. The number of hydrogen-bond donors (Lipinski definition) is 1.